The predicted octanol–water partition coefficient (Wildman–Crippen LogP) is 3.57. The lowest BCUT2D eigenvalue weighted by Crippen LogP contribution is -2.23. The number of hydrogen-bond donors (Lipinski definition) is 2. The quantitative estimate of drug-likeness (QED) is 0.475. The van der Waals surface area contributed by atoms with Gasteiger partial charge in [-0.15, -0.1) is 0 Å². The van der Waals surface area contributed by atoms with Crippen LogP contribution in [0.3, 0.4) is 0 Å². The SMILES string of the molecule is O=C(COC(=O)c1ccc(S(=O)(=O)NCc2ccco2)cc1)Nc1ccccc1C(F)(F)F. The van der Waals surface area contributed by atoms with E-state index in [4.69, 9.17) is 9.15 Å². The summed E-state index contributed by atoms with van der Waals surface area (Å²) >= 11 is 0. The maximum absolute atomic E-state index is 13.0. The molecular weight excluding hydrogens is 465 g/mol. The highest BCUT2D eigenvalue weighted by Crippen LogP contribution is 2.34. The largest absolute Gasteiger partial charge is 0.468 e. The topological polar surface area (TPSA) is 115 Å². The Morgan fingerprint density at radius 3 is 2.30 bits per heavy atom. The molecule has 0 aliphatic rings. The first-order valence-electron chi connectivity index (χ1n) is 9.31. The molecule has 12 heteroatoms. The van der Waals surface area contributed by atoms with Gasteiger partial charge in [-0.05, 0) is 48.5 Å². The van der Waals surface area contributed by atoms with Crippen LogP contribution in [0.4, 0.5) is 18.9 Å². The smallest absolute Gasteiger partial charge is 0.418 e. The van der Waals surface area contributed by atoms with Gasteiger partial charge in [-0.3, -0.25) is 4.79 Å². The van der Waals surface area contributed by atoms with Gasteiger partial charge >= 0.3 is 12.1 Å². The molecule has 0 aliphatic heterocycles. The van der Waals surface area contributed by atoms with Crippen LogP contribution in [0.5, 0.6) is 0 Å². The van der Waals surface area contributed by atoms with Crippen LogP contribution in [0.25, 0.3) is 0 Å². The highest BCUT2D eigenvalue weighted by molar-refractivity contribution is 7.89. The Kier molecular flexibility index (Phi) is 7.19. The summed E-state index contributed by atoms with van der Waals surface area (Å²) in [5.74, 6) is -1.52. The molecule has 1 heterocycles. The second-order valence-electron chi connectivity index (χ2n) is 6.60. The maximum Gasteiger partial charge on any atom is 0.418 e. The summed E-state index contributed by atoms with van der Waals surface area (Å²) < 4.78 is 75.7. The lowest BCUT2D eigenvalue weighted by Gasteiger charge is -2.13. The molecule has 0 spiro atoms. The van der Waals surface area contributed by atoms with Crippen LogP contribution < -0.4 is 10.0 Å². The van der Waals surface area contributed by atoms with E-state index in [-0.39, 0.29) is 17.0 Å². The molecule has 33 heavy (non-hydrogen) atoms. The molecule has 1 amide bonds. The van der Waals surface area contributed by atoms with Gasteiger partial charge in [0.15, 0.2) is 6.61 Å². The molecule has 0 fully saturated rings. The van der Waals surface area contributed by atoms with E-state index in [0.717, 1.165) is 12.1 Å². The Labute approximate surface area is 186 Å². The first kappa shape index (κ1) is 24.0. The molecule has 0 saturated carbocycles. The zero-order valence-corrected chi connectivity index (χ0v) is 17.6. The minimum absolute atomic E-state index is 0.0523. The number of carbonyl (C=O) groups excluding carboxylic acids is 2. The van der Waals surface area contributed by atoms with Crippen molar-refractivity contribution < 1.29 is 40.3 Å². The number of rotatable bonds is 8. The van der Waals surface area contributed by atoms with Crippen molar-refractivity contribution >= 4 is 27.6 Å². The van der Waals surface area contributed by atoms with E-state index >= 15 is 0 Å². The highest BCUT2D eigenvalue weighted by Gasteiger charge is 2.33. The minimum Gasteiger partial charge on any atom is -0.468 e. The van der Waals surface area contributed by atoms with Crippen molar-refractivity contribution in [1.82, 2.24) is 4.72 Å². The summed E-state index contributed by atoms with van der Waals surface area (Å²) in [5, 5.41) is 2.05. The number of carbonyl (C=O) groups is 2. The first-order valence-corrected chi connectivity index (χ1v) is 10.8. The normalized spacial score (nSPS) is 11.7. The lowest BCUT2D eigenvalue weighted by atomic mass is 10.1. The van der Waals surface area contributed by atoms with E-state index < -0.39 is 45.9 Å². The molecular formula is C21H17F3N2O6S. The van der Waals surface area contributed by atoms with Gasteiger partial charge in [-0.25, -0.2) is 17.9 Å². The Hall–Kier alpha value is -3.64. The van der Waals surface area contributed by atoms with Crippen molar-refractivity contribution in [3.63, 3.8) is 0 Å². The minimum atomic E-state index is -4.67. The lowest BCUT2D eigenvalue weighted by molar-refractivity contribution is -0.137. The van der Waals surface area contributed by atoms with Crippen LogP contribution in [-0.4, -0.2) is 26.9 Å². The average molecular weight is 482 g/mol. The Bertz CT molecular complexity index is 1220. The Balaban J connectivity index is 1.56. The third kappa shape index (κ3) is 6.43. The second-order valence-corrected chi connectivity index (χ2v) is 8.36. The van der Waals surface area contributed by atoms with E-state index in [1.807, 2.05) is 5.32 Å². The van der Waals surface area contributed by atoms with Gasteiger partial charge < -0.3 is 14.5 Å². The number of amides is 1. The molecule has 0 unspecified atom stereocenters. The van der Waals surface area contributed by atoms with Gasteiger partial charge in [0, 0.05) is 0 Å². The molecule has 0 atom stereocenters. The van der Waals surface area contributed by atoms with E-state index in [0.29, 0.717) is 5.76 Å². The number of ether oxygens (including phenoxy) is 1. The van der Waals surface area contributed by atoms with E-state index in [2.05, 4.69) is 4.72 Å². The number of esters is 1. The summed E-state index contributed by atoms with van der Waals surface area (Å²) in [7, 11) is -3.87. The van der Waals surface area contributed by atoms with Gasteiger partial charge in [0.1, 0.15) is 5.76 Å². The first-order chi connectivity index (χ1) is 15.6. The van der Waals surface area contributed by atoms with Crippen molar-refractivity contribution in [2.75, 3.05) is 11.9 Å². The van der Waals surface area contributed by atoms with Gasteiger partial charge in [-0.2, -0.15) is 13.2 Å². The summed E-state index contributed by atoms with van der Waals surface area (Å²) in [5.41, 5.74) is -1.56. The number of alkyl halides is 3. The van der Waals surface area contributed by atoms with E-state index in [9.17, 15) is 31.2 Å². The van der Waals surface area contributed by atoms with Gasteiger partial charge in [0.2, 0.25) is 10.0 Å². The molecule has 3 rings (SSSR count). The standard InChI is InChI=1S/C21H17F3N2O6S/c22-21(23,24)17-5-1-2-6-18(17)26-19(27)13-32-20(28)14-7-9-16(10-8-14)33(29,30)25-12-15-4-3-11-31-15/h1-11,25H,12-13H2,(H,26,27). The second kappa shape index (κ2) is 9.88. The van der Waals surface area contributed by atoms with Crippen LogP contribution in [0.1, 0.15) is 21.7 Å². The third-order valence-corrected chi connectivity index (χ3v) is 5.67. The van der Waals surface area contributed by atoms with Crippen molar-refractivity contribution in [2.24, 2.45) is 0 Å². The molecule has 2 N–H and O–H groups in total. The predicted molar refractivity (Wildman–Crippen MR) is 110 cm³/mol. The summed E-state index contributed by atoms with van der Waals surface area (Å²) in [6, 6.07) is 12.3. The summed E-state index contributed by atoms with van der Waals surface area (Å²) in [4.78, 5) is 23.9. The Morgan fingerprint density at radius 2 is 1.67 bits per heavy atom. The van der Waals surface area contributed by atoms with Crippen LogP contribution in [-0.2, 0) is 32.3 Å². The molecule has 0 radical (unpaired) electrons. The fraction of sp³-hybridized carbons (Fsp3) is 0.143. The Morgan fingerprint density at radius 1 is 0.970 bits per heavy atom. The summed E-state index contributed by atoms with van der Waals surface area (Å²) in [6.45, 7) is -0.901. The molecule has 2 aromatic carbocycles. The molecule has 174 valence electrons. The van der Waals surface area contributed by atoms with Crippen LogP contribution >= 0.6 is 0 Å². The highest BCUT2D eigenvalue weighted by atomic mass is 32.2. The third-order valence-electron chi connectivity index (χ3n) is 4.26. The molecule has 0 saturated heterocycles. The number of anilines is 1. The number of hydrogen-bond acceptors (Lipinski definition) is 6. The summed E-state index contributed by atoms with van der Waals surface area (Å²) in [6.07, 6.45) is -3.27. The molecule has 3 aromatic rings. The van der Waals surface area contributed by atoms with Gasteiger partial charge in [0.05, 0.1) is 34.5 Å². The molecule has 1 aromatic heterocycles. The van der Waals surface area contributed by atoms with Crippen molar-refractivity contribution in [1.29, 1.82) is 0 Å². The number of furan rings is 1. The van der Waals surface area contributed by atoms with Crippen LogP contribution in [0.15, 0.2) is 76.2 Å². The maximum atomic E-state index is 13.0. The molecule has 0 aliphatic carbocycles. The van der Waals surface area contributed by atoms with Crippen molar-refractivity contribution in [2.45, 2.75) is 17.6 Å². The zero-order valence-electron chi connectivity index (χ0n) is 16.8. The van der Waals surface area contributed by atoms with Crippen LogP contribution in [0, 0.1) is 0 Å². The number of sulfonamides is 1. The number of halogens is 3. The van der Waals surface area contributed by atoms with E-state index in [1.165, 1.54) is 42.7 Å². The number of benzene rings is 2. The monoisotopic (exact) mass is 482 g/mol. The molecule has 0 bridgehead atoms. The van der Waals surface area contributed by atoms with Gasteiger partial charge in [-0.1, -0.05) is 12.1 Å². The van der Waals surface area contributed by atoms with E-state index in [1.54, 1.807) is 12.1 Å². The fourth-order valence-electron chi connectivity index (χ4n) is 2.67. The zero-order chi connectivity index (χ0) is 24.1. The molecule has 8 nitrogen and oxygen atoms in total. The van der Waals surface area contributed by atoms with Crippen LogP contribution in [0.2, 0.25) is 0 Å². The number of para-hydroxylation sites is 1. The fourth-order valence-corrected chi connectivity index (χ4v) is 3.67. The van der Waals surface area contributed by atoms with Crippen molar-refractivity contribution in [3.8, 4) is 0 Å². The van der Waals surface area contributed by atoms with Gasteiger partial charge in [0.25, 0.3) is 5.91 Å². The number of nitrogens with one attached hydrogen (secondary N) is 2. The average Bonchev–Trinajstić information content (AvgIpc) is 3.30. The van der Waals surface area contributed by atoms with Crippen molar-refractivity contribution in [3.05, 3.63) is 83.8 Å².